The van der Waals surface area contributed by atoms with Gasteiger partial charge in [-0.3, -0.25) is 4.79 Å². The number of ether oxygens (including phenoxy) is 1. The lowest BCUT2D eigenvalue weighted by atomic mass is 9.95. The lowest BCUT2D eigenvalue weighted by Gasteiger charge is -2.29. The molecule has 2 atom stereocenters. The topological polar surface area (TPSA) is 41.6 Å². The number of hydrogen-bond acceptors (Lipinski definition) is 3. The molecule has 4 nitrogen and oxygen atoms in total. The number of nitrogens with one attached hydrogen (secondary N) is 1. The van der Waals surface area contributed by atoms with E-state index in [1.54, 1.807) is 0 Å². The minimum absolute atomic E-state index is 0.0710. The maximum atomic E-state index is 12.6. The first-order valence-corrected chi connectivity index (χ1v) is 7.93. The van der Waals surface area contributed by atoms with Gasteiger partial charge in [0.15, 0.2) is 0 Å². The lowest BCUT2D eigenvalue weighted by molar-refractivity contribution is -0.135. The molecule has 0 bridgehead atoms. The van der Waals surface area contributed by atoms with Crippen LogP contribution in [0.4, 0.5) is 0 Å². The molecular formula is C17H24N2O2. The molecule has 1 aromatic rings. The largest absolute Gasteiger partial charge is 0.373 e. The van der Waals surface area contributed by atoms with Gasteiger partial charge in [-0.1, -0.05) is 24.3 Å². The quantitative estimate of drug-likeness (QED) is 0.920. The van der Waals surface area contributed by atoms with Crippen LogP contribution in [0.15, 0.2) is 24.3 Å². The summed E-state index contributed by atoms with van der Waals surface area (Å²) in [6.07, 6.45) is 3.57. The second kappa shape index (κ2) is 6.58. The molecule has 3 rings (SSSR count). The highest BCUT2D eigenvalue weighted by Crippen LogP contribution is 2.31. The van der Waals surface area contributed by atoms with Crippen molar-refractivity contribution in [3.63, 3.8) is 0 Å². The third kappa shape index (κ3) is 3.11. The number of fused-ring (bicyclic) bond motifs is 1. The predicted molar refractivity (Wildman–Crippen MR) is 82.1 cm³/mol. The molecule has 2 heterocycles. The SMILES string of the molecule is CNCC1CCCN1C(=O)CC1OCCc2ccccc21. The van der Waals surface area contributed by atoms with E-state index in [0.29, 0.717) is 12.5 Å². The molecule has 0 radical (unpaired) electrons. The molecule has 0 spiro atoms. The number of amides is 1. The highest BCUT2D eigenvalue weighted by Gasteiger charge is 2.31. The van der Waals surface area contributed by atoms with Crippen molar-refractivity contribution in [2.45, 2.75) is 37.8 Å². The highest BCUT2D eigenvalue weighted by atomic mass is 16.5. The number of benzene rings is 1. The monoisotopic (exact) mass is 288 g/mol. The van der Waals surface area contributed by atoms with Crippen LogP contribution in [-0.2, 0) is 16.0 Å². The summed E-state index contributed by atoms with van der Waals surface area (Å²) in [5.41, 5.74) is 2.52. The third-order valence-electron chi connectivity index (χ3n) is 4.59. The Morgan fingerprint density at radius 3 is 3.14 bits per heavy atom. The van der Waals surface area contributed by atoms with E-state index in [4.69, 9.17) is 4.74 Å². The summed E-state index contributed by atoms with van der Waals surface area (Å²) < 4.78 is 5.87. The molecule has 1 fully saturated rings. The molecule has 0 aliphatic carbocycles. The van der Waals surface area contributed by atoms with Crippen LogP contribution in [0.2, 0.25) is 0 Å². The van der Waals surface area contributed by atoms with Gasteiger partial charge in [0.1, 0.15) is 0 Å². The number of hydrogen-bond donors (Lipinski definition) is 1. The van der Waals surface area contributed by atoms with Gasteiger partial charge in [0.25, 0.3) is 0 Å². The van der Waals surface area contributed by atoms with Crippen LogP contribution in [0.5, 0.6) is 0 Å². The Morgan fingerprint density at radius 1 is 1.43 bits per heavy atom. The zero-order valence-corrected chi connectivity index (χ0v) is 12.7. The first-order valence-electron chi connectivity index (χ1n) is 7.93. The van der Waals surface area contributed by atoms with Crippen LogP contribution >= 0.6 is 0 Å². The smallest absolute Gasteiger partial charge is 0.225 e. The standard InChI is InChI=1S/C17H24N2O2/c1-18-12-14-6-4-9-19(14)17(20)11-16-15-7-3-2-5-13(15)8-10-21-16/h2-3,5,7,14,16,18H,4,6,8-12H2,1H3. The van der Waals surface area contributed by atoms with Crippen molar-refractivity contribution in [2.24, 2.45) is 0 Å². The maximum absolute atomic E-state index is 12.6. The molecule has 114 valence electrons. The fourth-order valence-corrected chi connectivity index (χ4v) is 3.53. The van der Waals surface area contributed by atoms with Crippen molar-refractivity contribution < 1.29 is 9.53 Å². The Hall–Kier alpha value is -1.39. The molecule has 1 amide bonds. The fourth-order valence-electron chi connectivity index (χ4n) is 3.53. The van der Waals surface area contributed by atoms with Gasteiger partial charge in [0.2, 0.25) is 5.91 Å². The first kappa shape index (κ1) is 14.5. The molecule has 2 aliphatic rings. The lowest BCUT2D eigenvalue weighted by Crippen LogP contribution is -2.41. The summed E-state index contributed by atoms with van der Waals surface area (Å²) in [6.45, 7) is 2.49. The van der Waals surface area contributed by atoms with Crippen molar-refractivity contribution in [3.8, 4) is 0 Å². The average Bonchev–Trinajstić information content (AvgIpc) is 2.96. The zero-order chi connectivity index (χ0) is 14.7. The van der Waals surface area contributed by atoms with Crippen molar-refractivity contribution in [1.29, 1.82) is 0 Å². The Bertz CT molecular complexity index is 503. The minimum Gasteiger partial charge on any atom is -0.373 e. The Morgan fingerprint density at radius 2 is 2.29 bits per heavy atom. The number of rotatable bonds is 4. The van der Waals surface area contributed by atoms with Gasteiger partial charge in [-0.05, 0) is 37.4 Å². The van der Waals surface area contributed by atoms with E-state index in [1.807, 2.05) is 18.0 Å². The van der Waals surface area contributed by atoms with E-state index in [2.05, 4.69) is 23.5 Å². The zero-order valence-electron chi connectivity index (χ0n) is 12.7. The van der Waals surface area contributed by atoms with Crippen LogP contribution in [0.3, 0.4) is 0 Å². The van der Waals surface area contributed by atoms with Crippen LogP contribution in [0.25, 0.3) is 0 Å². The number of nitrogens with zero attached hydrogens (tertiary/aromatic N) is 1. The average molecular weight is 288 g/mol. The maximum Gasteiger partial charge on any atom is 0.225 e. The first-order chi connectivity index (χ1) is 10.3. The van der Waals surface area contributed by atoms with Crippen molar-refractivity contribution in [2.75, 3.05) is 26.7 Å². The summed E-state index contributed by atoms with van der Waals surface area (Å²) in [6, 6.07) is 8.69. The highest BCUT2D eigenvalue weighted by molar-refractivity contribution is 5.77. The van der Waals surface area contributed by atoms with Gasteiger partial charge in [-0.15, -0.1) is 0 Å². The van der Waals surface area contributed by atoms with E-state index in [0.717, 1.165) is 39.0 Å². The van der Waals surface area contributed by atoms with Gasteiger partial charge in [-0.25, -0.2) is 0 Å². The van der Waals surface area contributed by atoms with Crippen LogP contribution in [0, 0.1) is 0 Å². The molecule has 21 heavy (non-hydrogen) atoms. The van der Waals surface area contributed by atoms with E-state index < -0.39 is 0 Å². The third-order valence-corrected chi connectivity index (χ3v) is 4.59. The van der Waals surface area contributed by atoms with Gasteiger partial charge in [-0.2, -0.15) is 0 Å². The Kier molecular flexibility index (Phi) is 4.56. The Labute approximate surface area is 126 Å². The van der Waals surface area contributed by atoms with Crippen LogP contribution < -0.4 is 5.32 Å². The molecular weight excluding hydrogens is 264 g/mol. The van der Waals surface area contributed by atoms with E-state index in [1.165, 1.54) is 11.1 Å². The Balaban J connectivity index is 1.68. The van der Waals surface area contributed by atoms with Crippen molar-refractivity contribution >= 4 is 5.91 Å². The minimum atomic E-state index is -0.0710. The summed E-state index contributed by atoms with van der Waals surface area (Å²) >= 11 is 0. The second-order valence-electron chi connectivity index (χ2n) is 5.95. The van der Waals surface area contributed by atoms with Crippen molar-refractivity contribution in [1.82, 2.24) is 10.2 Å². The molecule has 2 unspecified atom stereocenters. The molecule has 1 N–H and O–H groups in total. The summed E-state index contributed by atoms with van der Waals surface area (Å²) in [5.74, 6) is 0.231. The number of carbonyl (C=O) groups is 1. The molecule has 4 heteroatoms. The summed E-state index contributed by atoms with van der Waals surface area (Å²) in [7, 11) is 1.95. The normalized spacial score (nSPS) is 24.9. The van der Waals surface area contributed by atoms with Crippen LogP contribution in [0.1, 0.15) is 36.5 Å². The molecule has 2 aliphatic heterocycles. The van der Waals surface area contributed by atoms with Crippen LogP contribution in [-0.4, -0.2) is 43.6 Å². The van der Waals surface area contributed by atoms with Gasteiger partial charge in [0, 0.05) is 19.1 Å². The number of likely N-dealkylation sites (N-methyl/N-ethyl adjacent to an activating group) is 1. The fraction of sp³-hybridized carbons (Fsp3) is 0.588. The number of carbonyl (C=O) groups excluding carboxylic acids is 1. The van der Waals surface area contributed by atoms with E-state index >= 15 is 0 Å². The second-order valence-corrected chi connectivity index (χ2v) is 5.95. The predicted octanol–water partition coefficient (Wildman–Crippen LogP) is 1.90. The van der Waals surface area contributed by atoms with Crippen molar-refractivity contribution in [3.05, 3.63) is 35.4 Å². The molecule has 1 saturated heterocycles. The van der Waals surface area contributed by atoms with E-state index in [-0.39, 0.29) is 12.0 Å². The molecule has 0 saturated carbocycles. The van der Waals surface area contributed by atoms with E-state index in [9.17, 15) is 4.79 Å². The molecule has 1 aromatic carbocycles. The number of likely N-dealkylation sites (tertiary alicyclic amines) is 1. The molecule has 0 aromatic heterocycles. The van der Waals surface area contributed by atoms with Gasteiger partial charge >= 0.3 is 0 Å². The summed E-state index contributed by atoms with van der Waals surface area (Å²) in [4.78, 5) is 14.7. The van der Waals surface area contributed by atoms with Gasteiger partial charge in [0.05, 0.1) is 19.1 Å². The van der Waals surface area contributed by atoms with Gasteiger partial charge < -0.3 is 15.0 Å². The summed E-state index contributed by atoms with van der Waals surface area (Å²) in [5, 5.41) is 3.19.